The molecule has 0 saturated carbocycles. The molecule has 1 aliphatic heterocycles. The first-order chi connectivity index (χ1) is 8.28. The average Bonchev–Trinajstić information content (AvgIpc) is 2.88. The van der Waals surface area contributed by atoms with Crippen molar-refractivity contribution >= 4 is 10.9 Å². The van der Waals surface area contributed by atoms with Crippen molar-refractivity contribution in [1.29, 1.82) is 0 Å². The van der Waals surface area contributed by atoms with Crippen LogP contribution in [0.4, 0.5) is 0 Å². The zero-order valence-electron chi connectivity index (χ0n) is 10.2. The van der Waals surface area contributed by atoms with Crippen LogP contribution in [0.25, 0.3) is 10.9 Å². The van der Waals surface area contributed by atoms with Gasteiger partial charge in [-0.3, -0.25) is 0 Å². The molecule has 1 aromatic heterocycles. The number of hydrogen-bond donors (Lipinski definition) is 2. The number of para-hydroxylation sites is 1. The zero-order valence-corrected chi connectivity index (χ0v) is 10.2. The van der Waals surface area contributed by atoms with Crippen molar-refractivity contribution in [3.05, 3.63) is 35.5 Å². The minimum atomic E-state index is 0.470. The molecule has 1 saturated heterocycles. The minimum absolute atomic E-state index is 0.470. The summed E-state index contributed by atoms with van der Waals surface area (Å²) in [6.45, 7) is 4.77. The lowest BCUT2D eigenvalue weighted by Gasteiger charge is -2.35. The lowest BCUT2D eigenvalue weighted by Crippen LogP contribution is -2.29. The molecule has 1 aliphatic carbocycles. The van der Waals surface area contributed by atoms with Gasteiger partial charge in [0.2, 0.25) is 0 Å². The molecule has 4 rings (SSSR count). The van der Waals surface area contributed by atoms with E-state index in [1.807, 2.05) is 0 Å². The molecule has 1 fully saturated rings. The van der Waals surface area contributed by atoms with Crippen LogP contribution in [-0.2, 0) is 6.42 Å². The average molecular weight is 226 g/mol. The van der Waals surface area contributed by atoms with Gasteiger partial charge in [0.1, 0.15) is 0 Å². The van der Waals surface area contributed by atoms with E-state index in [-0.39, 0.29) is 0 Å². The van der Waals surface area contributed by atoms with Gasteiger partial charge in [-0.2, -0.15) is 0 Å². The van der Waals surface area contributed by atoms with E-state index in [2.05, 4.69) is 41.5 Å². The van der Waals surface area contributed by atoms with Crippen LogP contribution in [0.1, 0.15) is 30.5 Å². The maximum atomic E-state index is 3.62. The number of rotatable bonds is 0. The molecule has 1 aromatic carbocycles. The van der Waals surface area contributed by atoms with Gasteiger partial charge in [-0.1, -0.05) is 25.1 Å². The molecule has 2 N–H and O–H groups in total. The molecule has 88 valence electrons. The van der Waals surface area contributed by atoms with Gasteiger partial charge >= 0.3 is 0 Å². The summed E-state index contributed by atoms with van der Waals surface area (Å²) in [6.07, 6.45) is 2.52. The van der Waals surface area contributed by atoms with Crippen LogP contribution in [0.15, 0.2) is 24.3 Å². The number of fused-ring (bicyclic) bond motifs is 5. The van der Waals surface area contributed by atoms with E-state index >= 15 is 0 Å². The smallest absolute Gasteiger partial charge is 0.0459 e. The topological polar surface area (TPSA) is 27.8 Å². The van der Waals surface area contributed by atoms with Crippen molar-refractivity contribution in [2.45, 2.75) is 25.7 Å². The van der Waals surface area contributed by atoms with Crippen molar-refractivity contribution in [2.24, 2.45) is 5.41 Å². The maximum absolute atomic E-state index is 3.62. The van der Waals surface area contributed by atoms with E-state index in [9.17, 15) is 0 Å². The molecule has 0 radical (unpaired) electrons. The van der Waals surface area contributed by atoms with Gasteiger partial charge in [-0.25, -0.2) is 0 Å². The molecule has 2 aliphatic rings. The van der Waals surface area contributed by atoms with Gasteiger partial charge in [0, 0.05) is 35.6 Å². The Balaban J connectivity index is 2.00. The van der Waals surface area contributed by atoms with E-state index in [1.54, 1.807) is 5.56 Å². The molecular formula is C15H18N2. The Kier molecular flexibility index (Phi) is 1.79. The van der Waals surface area contributed by atoms with Gasteiger partial charge < -0.3 is 10.3 Å². The van der Waals surface area contributed by atoms with E-state index in [0.29, 0.717) is 11.3 Å². The third-order valence-corrected chi connectivity index (χ3v) is 4.84. The quantitative estimate of drug-likeness (QED) is 0.710. The largest absolute Gasteiger partial charge is 0.358 e. The molecule has 2 heteroatoms. The van der Waals surface area contributed by atoms with Crippen molar-refractivity contribution in [1.82, 2.24) is 10.3 Å². The van der Waals surface area contributed by atoms with Crippen molar-refractivity contribution in [2.75, 3.05) is 13.1 Å². The first-order valence-corrected chi connectivity index (χ1v) is 6.58. The summed E-state index contributed by atoms with van der Waals surface area (Å²) in [6, 6.07) is 8.75. The Morgan fingerprint density at radius 1 is 1.29 bits per heavy atom. The lowest BCUT2D eigenvalue weighted by molar-refractivity contribution is 0.277. The highest BCUT2D eigenvalue weighted by molar-refractivity contribution is 5.85. The number of hydrogen-bond acceptors (Lipinski definition) is 1. The van der Waals surface area contributed by atoms with Crippen molar-refractivity contribution in [3.63, 3.8) is 0 Å². The van der Waals surface area contributed by atoms with Gasteiger partial charge in [-0.15, -0.1) is 0 Å². The van der Waals surface area contributed by atoms with Crippen LogP contribution in [0, 0.1) is 5.41 Å². The lowest BCUT2D eigenvalue weighted by atomic mass is 9.68. The Morgan fingerprint density at radius 2 is 2.18 bits per heavy atom. The molecule has 0 bridgehead atoms. The van der Waals surface area contributed by atoms with E-state index in [1.165, 1.54) is 36.0 Å². The monoisotopic (exact) mass is 226 g/mol. The fraction of sp³-hybridized carbons (Fsp3) is 0.467. The molecule has 2 heterocycles. The van der Waals surface area contributed by atoms with Gasteiger partial charge in [0.05, 0.1) is 0 Å². The number of aryl methyl sites for hydroxylation is 1. The zero-order chi connectivity index (χ0) is 11.5. The molecule has 0 spiro atoms. The Bertz CT molecular complexity index is 584. The summed E-state index contributed by atoms with van der Waals surface area (Å²) in [5.41, 5.74) is 4.86. The van der Waals surface area contributed by atoms with Crippen LogP contribution < -0.4 is 5.32 Å². The summed E-state index contributed by atoms with van der Waals surface area (Å²) >= 11 is 0. The first-order valence-electron chi connectivity index (χ1n) is 6.58. The van der Waals surface area contributed by atoms with Gasteiger partial charge in [-0.05, 0) is 29.9 Å². The number of H-pyrrole nitrogens is 1. The highest BCUT2D eigenvalue weighted by Gasteiger charge is 2.44. The number of aromatic nitrogens is 1. The van der Waals surface area contributed by atoms with Crippen molar-refractivity contribution < 1.29 is 0 Å². The van der Waals surface area contributed by atoms with E-state index < -0.39 is 0 Å². The molecule has 17 heavy (non-hydrogen) atoms. The summed E-state index contributed by atoms with van der Waals surface area (Å²) in [5.74, 6) is 0.697. The highest BCUT2D eigenvalue weighted by Crippen LogP contribution is 2.49. The van der Waals surface area contributed by atoms with Crippen molar-refractivity contribution in [3.8, 4) is 0 Å². The predicted molar refractivity (Wildman–Crippen MR) is 70.3 cm³/mol. The summed E-state index contributed by atoms with van der Waals surface area (Å²) in [7, 11) is 0. The number of benzene rings is 1. The van der Waals surface area contributed by atoms with Crippen LogP contribution in [0.2, 0.25) is 0 Å². The summed E-state index contributed by atoms with van der Waals surface area (Å²) < 4.78 is 0. The van der Waals surface area contributed by atoms with Crippen LogP contribution in [0.5, 0.6) is 0 Å². The second-order valence-electron chi connectivity index (χ2n) is 5.90. The highest BCUT2D eigenvalue weighted by atomic mass is 14.9. The predicted octanol–water partition coefficient (Wildman–Crippen LogP) is 2.81. The van der Waals surface area contributed by atoms with Crippen LogP contribution in [-0.4, -0.2) is 18.1 Å². The Hall–Kier alpha value is -1.28. The molecule has 2 nitrogen and oxygen atoms in total. The molecule has 2 atom stereocenters. The Labute approximate surface area is 101 Å². The molecule has 2 aromatic rings. The van der Waals surface area contributed by atoms with Crippen LogP contribution in [0.3, 0.4) is 0 Å². The summed E-state index contributed by atoms with van der Waals surface area (Å²) in [5, 5.41) is 5.03. The number of aromatic amines is 1. The molecular weight excluding hydrogens is 208 g/mol. The molecule has 0 unspecified atom stereocenters. The fourth-order valence-corrected chi connectivity index (χ4v) is 3.81. The van der Waals surface area contributed by atoms with Crippen LogP contribution >= 0.6 is 0 Å². The first kappa shape index (κ1) is 9.72. The van der Waals surface area contributed by atoms with E-state index in [4.69, 9.17) is 0 Å². The van der Waals surface area contributed by atoms with Gasteiger partial charge in [0.25, 0.3) is 0 Å². The minimum Gasteiger partial charge on any atom is -0.358 e. The van der Waals surface area contributed by atoms with Gasteiger partial charge in [0.15, 0.2) is 0 Å². The SMILES string of the molecule is C[C@@]12CCc3[nH]c4ccccc4c3[C@@H]1CNC2. The number of nitrogens with one attached hydrogen (secondary N) is 2. The second-order valence-corrected chi connectivity index (χ2v) is 5.90. The second kappa shape index (κ2) is 3.14. The standard InChI is InChI=1S/C15H18N2/c1-15-7-6-13-14(11(15)8-16-9-15)10-4-2-3-5-12(10)17-13/h2-5,11,16-17H,6-9H2,1H3/t11-,15-/m0/s1. The third-order valence-electron chi connectivity index (χ3n) is 4.84. The molecule has 0 amide bonds. The third kappa shape index (κ3) is 1.19. The maximum Gasteiger partial charge on any atom is 0.0459 e. The Morgan fingerprint density at radius 3 is 3.12 bits per heavy atom. The summed E-state index contributed by atoms with van der Waals surface area (Å²) in [4.78, 5) is 3.62. The van der Waals surface area contributed by atoms with E-state index in [0.717, 1.165) is 6.54 Å². The normalized spacial score (nSPS) is 31.5. The fourth-order valence-electron chi connectivity index (χ4n) is 3.81.